The van der Waals surface area contributed by atoms with Crippen molar-refractivity contribution in [3.63, 3.8) is 0 Å². The molecule has 0 aliphatic heterocycles. The van der Waals surface area contributed by atoms with E-state index in [1.807, 2.05) is 7.11 Å². The Morgan fingerprint density at radius 2 is 1.81 bits per heavy atom. The van der Waals surface area contributed by atoms with Gasteiger partial charge in [-0.25, -0.2) is 0 Å². The van der Waals surface area contributed by atoms with Crippen LogP contribution in [0.3, 0.4) is 0 Å². The van der Waals surface area contributed by atoms with Gasteiger partial charge in [0.1, 0.15) is 0 Å². The van der Waals surface area contributed by atoms with Crippen LogP contribution in [0.5, 0.6) is 0 Å². The van der Waals surface area contributed by atoms with E-state index in [1.165, 1.54) is 77.0 Å². The minimum atomic E-state index is 0.0435. The maximum atomic E-state index is 6.21. The average molecular weight is 293 g/mol. The normalized spacial score (nSPS) is 24.8. The molecule has 2 heteroatoms. The number of hydrogen-bond donors (Lipinski definition) is 1. The van der Waals surface area contributed by atoms with Crippen LogP contribution < -0.4 is 5.32 Å². The van der Waals surface area contributed by atoms with Crippen LogP contribution in [0.25, 0.3) is 0 Å². The molecule has 0 aromatic heterocycles. The molecule has 2 rings (SSSR count). The van der Waals surface area contributed by atoms with Gasteiger partial charge in [-0.1, -0.05) is 50.7 Å². The van der Waals surface area contributed by atoms with Crippen LogP contribution in [0.4, 0.5) is 0 Å². The summed E-state index contributed by atoms with van der Waals surface area (Å²) in [6.07, 6.45) is 18.2. The fourth-order valence-corrected chi connectivity index (χ4v) is 4.18. The number of hydrogen-bond acceptors (Lipinski definition) is 2. The van der Waals surface area contributed by atoms with Gasteiger partial charge in [0, 0.05) is 7.11 Å². The van der Waals surface area contributed by atoms with Crippen LogP contribution in [0.1, 0.15) is 84.0 Å². The topological polar surface area (TPSA) is 21.3 Å². The molecular formula is C19H35NO. The van der Waals surface area contributed by atoms with E-state index in [2.05, 4.69) is 18.3 Å². The molecule has 21 heavy (non-hydrogen) atoms. The Morgan fingerprint density at radius 3 is 2.48 bits per heavy atom. The summed E-state index contributed by atoms with van der Waals surface area (Å²) in [6, 6.07) is 0.443. The third-order valence-corrected chi connectivity index (χ3v) is 5.43. The summed E-state index contributed by atoms with van der Waals surface area (Å²) in [5, 5.41) is 3.86. The Bertz CT molecular complexity index is 316. The lowest BCUT2D eigenvalue weighted by atomic mass is 9.80. The minimum Gasteiger partial charge on any atom is -0.376 e. The van der Waals surface area contributed by atoms with Gasteiger partial charge in [-0.05, 0) is 51.5 Å². The van der Waals surface area contributed by atoms with Crippen molar-refractivity contribution >= 4 is 0 Å². The largest absolute Gasteiger partial charge is 0.376 e. The highest BCUT2D eigenvalue weighted by Gasteiger charge is 2.40. The molecule has 2 aliphatic rings. The predicted octanol–water partition coefficient (Wildman–Crippen LogP) is 4.98. The fourth-order valence-electron chi connectivity index (χ4n) is 4.18. The molecule has 0 aromatic carbocycles. The second-order valence-electron chi connectivity index (χ2n) is 6.95. The van der Waals surface area contributed by atoms with Gasteiger partial charge >= 0.3 is 0 Å². The van der Waals surface area contributed by atoms with Crippen molar-refractivity contribution in [2.24, 2.45) is 0 Å². The van der Waals surface area contributed by atoms with Crippen LogP contribution in [0, 0.1) is 0 Å². The molecule has 0 bridgehead atoms. The lowest BCUT2D eigenvalue weighted by Gasteiger charge is -2.41. The summed E-state index contributed by atoms with van der Waals surface area (Å²) in [4.78, 5) is 0. The molecule has 1 saturated carbocycles. The Labute approximate surface area is 131 Å². The molecule has 122 valence electrons. The summed E-state index contributed by atoms with van der Waals surface area (Å²) < 4.78 is 6.21. The van der Waals surface area contributed by atoms with Gasteiger partial charge in [0.25, 0.3) is 0 Å². The van der Waals surface area contributed by atoms with Gasteiger partial charge < -0.3 is 10.1 Å². The molecule has 0 saturated heterocycles. The lowest BCUT2D eigenvalue weighted by Crippen LogP contribution is -2.53. The minimum absolute atomic E-state index is 0.0435. The Morgan fingerprint density at radius 1 is 1.10 bits per heavy atom. The summed E-state index contributed by atoms with van der Waals surface area (Å²) >= 11 is 0. The van der Waals surface area contributed by atoms with Gasteiger partial charge in [-0.3, -0.25) is 0 Å². The van der Waals surface area contributed by atoms with E-state index in [9.17, 15) is 0 Å². The molecule has 1 atom stereocenters. The van der Waals surface area contributed by atoms with Crippen molar-refractivity contribution in [1.82, 2.24) is 5.32 Å². The van der Waals surface area contributed by atoms with Gasteiger partial charge in [-0.15, -0.1) is 0 Å². The second kappa shape index (κ2) is 8.95. The summed E-state index contributed by atoms with van der Waals surface area (Å²) in [7, 11) is 1.95. The van der Waals surface area contributed by atoms with E-state index in [0.29, 0.717) is 6.04 Å². The van der Waals surface area contributed by atoms with E-state index >= 15 is 0 Å². The predicted molar refractivity (Wildman–Crippen MR) is 90.7 cm³/mol. The number of methoxy groups -OCH3 is 1. The molecular weight excluding hydrogens is 258 g/mol. The molecule has 2 aliphatic carbocycles. The van der Waals surface area contributed by atoms with Crippen molar-refractivity contribution in [2.75, 3.05) is 13.7 Å². The van der Waals surface area contributed by atoms with Crippen LogP contribution in [0.2, 0.25) is 0 Å². The van der Waals surface area contributed by atoms with Crippen molar-refractivity contribution in [3.05, 3.63) is 11.6 Å². The third-order valence-electron chi connectivity index (χ3n) is 5.43. The van der Waals surface area contributed by atoms with Gasteiger partial charge in [-0.2, -0.15) is 0 Å². The maximum absolute atomic E-state index is 6.21. The van der Waals surface area contributed by atoms with Crippen molar-refractivity contribution in [3.8, 4) is 0 Å². The zero-order chi connectivity index (χ0) is 15.0. The molecule has 1 unspecified atom stereocenters. The van der Waals surface area contributed by atoms with E-state index in [1.54, 1.807) is 5.57 Å². The Hall–Kier alpha value is -0.340. The monoisotopic (exact) mass is 293 g/mol. The van der Waals surface area contributed by atoms with Crippen LogP contribution in [-0.2, 0) is 4.74 Å². The van der Waals surface area contributed by atoms with Crippen molar-refractivity contribution < 1.29 is 4.74 Å². The second-order valence-corrected chi connectivity index (χ2v) is 6.95. The molecule has 2 nitrogen and oxygen atoms in total. The highest BCUT2D eigenvalue weighted by Crippen LogP contribution is 2.37. The first-order chi connectivity index (χ1) is 10.3. The maximum Gasteiger partial charge on any atom is 0.0869 e. The van der Waals surface area contributed by atoms with Crippen LogP contribution in [-0.4, -0.2) is 25.3 Å². The Balaban J connectivity index is 2.20. The number of ether oxygens (including phenoxy) is 1. The lowest BCUT2D eigenvalue weighted by molar-refractivity contribution is -0.0441. The number of rotatable bonds is 6. The number of allylic oxidation sites excluding steroid dienone is 1. The summed E-state index contributed by atoms with van der Waals surface area (Å²) in [5.74, 6) is 0. The van der Waals surface area contributed by atoms with Gasteiger partial charge in [0.2, 0.25) is 0 Å². The first kappa shape index (κ1) is 17.0. The highest BCUT2D eigenvalue weighted by molar-refractivity contribution is 5.19. The zero-order valence-electron chi connectivity index (χ0n) is 14.3. The molecule has 0 spiro atoms. The van der Waals surface area contributed by atoms with Gasteiger partial charge in [0.15, 0.2) is 0 Å². The molecule has 0 amide bonds. The molecule has 0 aromatic rings. The van der Waals surface area contributed by atoms with E-state index in [0.717, 1.165) is 6.54 Å². The molecule has 0 heterocycles. The molecule has 0 radical (unpaired) electrons. The SMILES string of the molecule is CCCNC(C1=CCCCCC1)C1(OC)CCCCCC1. The summed E-state index contributed by atoms with van der Waals surface area (Å²) in [6.45, 7) is 3.37. The van der Waals surface area contributed by atoms with E-state index in [-0.39, 0.29) is 5.60 Å². The van der Waals surface area contributed by atoms with E-state index < -0.39 is 0 Å². The fraction of sp³-hybridized carbons (Fsp3) is 0.895. The first-order valence-electron chi connectivity index (χ1n) is 9.30. The van der Waals surface area contributed by atoms with Crippen LogP contribution >= 0.6 is 0 Å². The Kier molecular flexibility index (Phi) is 7.25. The van der Waals surface area contributed by atoms with E-state index in [4.69, 9.17) is 4.74 Å². The van der Waals surface area contributed by atoms with Crippen molar-refractivity contribution in [1.29, 1.82) is 0 Å². The average Bonchev–Trinajstić information content (AvgIpc) is 2.91. The van der Waals surface area contributed by atoms with Gasteiger partial charge in [0.05, 0.1) is 11.6 Å². The quantitative estimate of drug-likeness (QED) is 0.550. The summed E-state index contributed by atoms with van der Waals surface area (Å²) in [5.41, 5.74) is 1.69. The highest BCUT2D eigenvalue weighted by atomic mass is 16.5. The standard InChI is InChI=1S/C19H35NO/c1-3-16-20-18(17-12-8-4-5-9-13-17)19(21-2)14-10-6-7-11-15-19/h12,18,20H,3-11,13-16H2,1-2H3. The third kappa shape index (κ3) is 4.56. The van der Waals surface area contributed by atoms with Crippen molar-refractivity contribution in [2.45, 2.75) is 95.6 Å². The number of nitrogens with one attached hydrogen (secondary N) is 1. The van der Waals surface area contributed by atoms with Crippen LogP contribution in [0.15, 0.2) is 11.6 Å². The molecule has 1 N–H and O–H groups in total. The zero-order valence-corrected chi connectivity index (χ0v) is 14.3. The molecule has 1 fully saturated rings. The smallest absolute Gasteiger partial charge is 0.0869 e. The first-order valence-corrected chi connectivity index (χ1v) is 9.30.